The zero-order valence-electron chi connectivity index (χ0n) is 9.03. The predicted molar refractivity (Wildman–Crippen MR) is 55.7 cm³/mol. The van der Waals surface area contributed by atoms with Crippen LogP contribution in [-0.2, 0) is 4.79 Å². The fourth-order valence-corrected chi connectivity index (χ4v) is 1.74. The first-order valence-electron chi connectivity index (χ1n) is 5.44. The highest BCUT2D eigenvalue weighted by atomic mass is 16.4. The van der Waals surface area contributed by atoms with Crippen LogP contribution in [0, 0.1) is 0 Å². The van der Waals surface area contributed by atoms with Crippen LogP contribution in [0.2, 0.25) is 0 Å². The predicted octanol–water partition coefficient (Wildman–Crippen LogP) is 1.05. The number of unbranched alkanes of at least 4 members (excludes halogenated alkanes) is 1. The average molecular weight is 214 g/mol. The number of rotatable bonds is 4. The quantitative estimate of drug-likeness (QED) is 0.687. The summed E-state index contributed by atoms with van der Waals surface area (Å²) >= 11 is 0. The Balaban J connectivity index is 2.40. The number of carbonyl (C=O) groups is 2. The Hall–Kier alpha value is -1.26. The summed E-state index contributed by atoms with van der Waals surface area (Å²) < 4.78 is 0. The molecule has 0 aliphatic carbocycles. The number of hydrogen-bond acceptors (Lipinski definition) is 2. The van der Waals surface area contributed by atoms with E-state index in [-0.39, 0.29) is 6.03 Å². The van der Waals surface area contributed by atoms with E-state index in [2.05, 4.69) is 5.32 Å². The zero-order chi connectivity index (χ0) is 11.3. The molecule has 0 aromatic rings. The molecule has 0 unspecified atom stereocenters. The van der Waals surface area contributed by atoms with Crippen LogP contribution in [0.25, 0.3) is 0 Å². The highest BCUT2D eigenvalue weighted by molar-refractivity contribution is 5.83. The van der Waals surface area contributed by atoms with E-state index in [1.54, 1.807) is 0 Å². The van der Waals surface area contributed by atoms with Crippen molar-refractivity contribution in [3.63, 3.8) is 0 Å². The summed E-state index contributed by atoms with van der Waals surface area (Å²) in [6.07, 6.45) is 3.29. The molecule has 1 fully saturated rings. The molecule has 0 aromatic carbocycles. The van der Waals surface area contributed by atoms with Crippen LogP contribution in [0.3, 0.4) is 0 Å². The van der Waals surface area contributed by atoms with Crippen molar-refractivity contribution in [3.05, 3.63) is 0 Å². The largest absolute Gasteiger partial charge is 0.480 e. The molecule has 1 atom stereocenters. The van der Waals surface area contributed by atoms with Crippen LogP contribution < -0.4 is 5.32 Å². The molecular weight excluding hydrogens is 196 g/mol. The van der Waals surface area contributed by atoms with Gasteiger partial charge in [-0.2, -0.15) is 0 Å². The lowest BCUT2D eigenvalue weighted by Gasteiger charge is -2.21. The number of carboxylic acid groups (broad SMARTS) is 1. The third-order valence-corrected chi connectivity index (χ3v) is 2.61. The summed E-state index contributed by atoms with van der Waals surface area (Å²) in [6, 6.07) is -0.875. The van der Waals surface area contributed by atoms with Crippen molar-refractivity contribution >= 4 is 12.0 Å². The lowest BCUT2D eigenvalue weighted by molar-refractivity contribution is -0.141. The summed E-state index contributed by atoms with van der Waals surface area (Å²) in [6.45, 7) is 3.22. The second kappa shape index (κ2) is 5.58. The van der Waals surface area contributed by atoms with Gasteiger partial charge >= 0.3 is 12.0 Å². The van der Waals surface area contributed by atoms with Gasteiger partial charge < -0.3 is 15.3 Å². The standard InChI is InChI=1S/C10H18N2O3/c1-2-3-6-11-10(15)12-7-4-5-8(12)9(13)14/h8H,2-7H2,1H3,(H,11,15)(H,13,14)/t8-/m1/s1. The highest BCUT2D eigenvalue weighted by Gasteiger charge is 2.33. The van der Waals surface area contributed by atoms with E-state index in [0.29, 0.717) is 19.5 Å². The third kappa shape index (κ3) is 3.11. The van der Waals surface area contributed by atoms with E-state index in [1.807, 2.05) is 6.92 Å². The number of nitrogens with zero attached hydrogens (tertiary/aromatic N) is 1. The van der Waals surface area contributed by atoms with Crippen molar-refractivity contribution < 1.29 is 14.7 Å². The van der Waals surface area contributed by atoms with Crippen LogP contribution in [0.15, 0.2) is 0 Å². The smallest absolute Gasteiger partial charge is 0.326 e. The molecule has 1 rings (SSSR count). The normalized spacial score (nSPS) is 20.3. The molecule has 1 heterocycles. The van der Waals surface area contributed by atoms with Crippen LogP contribution >= 0.6 is 0 Å². The number of urea groups is 1. The summed E-state index contributed by atoms with van der Waals surface area (Å²) in [7, 11) is 0. The molecule has 0 spiro atoms. The Bertz CT molecular complexity index is 243. The molecule has 2 amide bonds. The molecule has 1 aliphatic heterocycles. The second-order valence-electron chi connectivity index (χ2n) is 3.78. The first-order valence-corrected chi connectivity index (χ1v) is 5.44. The molecule has 0 bridgehead atoms. The van der Waals surface area contributed by atoms with Crippen LogP contribution in [0.1, 0.15) is 32.6 Å². The first-order chi connectivity index (χ1) is 7.16. The Morgan fingerprint density at radius 1 is 1.53 bits per heavy atom. The molecule has 15 heavy (non-hydrogen) atoms. The van der Waals surface area contributed by atoms with Crippen LogP contribution in [0.5, 0.6) is 0 Å². The number of likely N-dealkylation sites (tertiary alicyclic amines) is 1. The molecule has 1 saturated heterocycles. The van der Waals surface area contributed by atoms with Gasteiger partial charge in [-0.15, -0.1) is 0 Å². The van der Waals surface area contributed by atoms with Gasteiger partial charge in [0.2, 0.25) is 0 Å². The topological polar surface area (TPSA) is 69.6 Å². The summed E-state index contributed by atoms with van der Waals surface area (Å²) in [5, 5.41) is 11.6. The lowest BCUT2D eigenvalue weighted by Crippen LogP contribution is -2.46. The van der Waals surface area contributed by atoms with Gasteiger partial charge in [-0.3, -0.25) is 0 Å². The number of carbonyl (C=O) groups excluding carboxylic acids is 1. The van der Waals surface area contributed by atoms with Crippen LogP contribution in [0.4, 0.5) is 4.79 Å². The Morgan fingerprint density at radius 3 is 2.87 bits per heavy atom. The highest BCUT2D eigenvalue weighted by Crippen LogP contribution is 2.17. The molecule has 0 radical (unpaired) electrons. The van der Waals surface area contributed by atoms with E-state index in [4.69, 9.17) is 5.11 Å². The van der Waals surface area contributed by atoms with Gasteiger partial charge in [0.15, 0.2) is 0 Å². The average Bonchev–Trinajstić information content (AvgIpc) is 2.66. The molecule has 2 N–H and O–H groups in total. The van der Waals surface area contributed by atoms with Gasteiger partial charge in [0.1, 0.15) is 6.04 Å². The molecule has 86 valence electrons. The van der Waals surface area contributed by atoms with E-state index in [0.717, 1.165) is 19.3 Å². The molecule has 5 heteroatoms. The number of amides is 2. The minimum Gasteiger partial charge on any atom is -0.480 e. The minimum absolute atomic E-state index is 0.242. The van der Waals surface area contributed by atoms with Gasteiger partial charge in [-0.25, -0.2) is 9.59 Å². The van der Waals surface area contributed by atoms with E-state index < -0.39 is 12.0 Å². The van der Waals surface area contributed by atoms with Crippen molar-refractivity contribution in [2.45, 2.75) is 38.6 Å². The molecule has 0 saturated carbocycles. The maximum atomic E-state index is 11.6. The first kappa shape index (κ1) is 11.8. The van der Waals surface area contributed by atoms with Gasteiger partial charge in [0.05, 0.1) is 0 Å². The number of hydrogen-bond donors (Lipinski definition) is 2. The maximum absolute atomic E-state index is 11.6. The second-order valence-corrected chi connectivity index (χ2v) is 3.78. The third-order valence-electron chi connectivity index (χ3n) is 2.61. The van der Waals surface area contributed by atoms with Gasteiger partial charge in [-0.05, 0) is 19.3 Å². The lowest BCUT2D eigenvalue weighted by atomic mass is 10.2. The Kier molecular flexibility index (Phi) is 4.39. The summed E-state index contributed by atoms with van der Waals surface area (Å²) in [4.78, 5) is 23.8. The Labute approximate surface area is 89.4 Å². The van der Waals surface area contributed by atoms with Gasteiger partial charge in [0, 0.05) is 13.1 Å². The number of carboxylic acids is 1. The summed E-state index contributed by atoms with van der Waals surface area (Å²) in [5.41, 5.74) is 0. The van der Waals surface area contributed by atoms with Crippen molar-refractivity contribution in [2.75, 3.05) is 13.1 Å². The van der Waals surface area contributed by atoms with E-state index in [1.165, 1.54) is 4.90 Å². The van der Waals surface area contributed by atoms with Crippen molar-refractivity contribution in [1.29, 1.82) is 0 Å². The fourth-order valence-electron chi connectivity index (χ4n) is 1.74. The van der Waals surface area contributed by atoms with Crippen molar-refractivity contribution in [3.8, 4) is 0 Å². The van der Waals surface area contributed by atoms with Crippen molar-refractivity contribution in [1.82, 2.24) is 10.2 Å². The summed E-state index contributed by atoms with van der Waals surface area (Å²) in [5.74, 6) is -0.904. The number of aliphatic carboxylic acids is 1. The molecule has 1 aliphatic rings. The Morgan fingerprint density at radius 2 is 2.27 bits per heavy atom. The van der Waals surface area contributed by atoms with E-state index >= 15 is 0 Å². The van der Waals surface area contributed by atoms with Crippen molar-refractivity contribution in [2.24, 2.45) is 0 Å². The molecular formula is C10H18N2O3. The fraction of sp³-hybridized carbons (Fsp3) is 0.800. The van der Waals surface area contributed by atoms with Gasteiger partial charge in [0.25, 0.3) is 0 Å². The maximum Gasteiger partial charge on any atom is 0.326 e. The SMILES string of the molecule is CCCCNC(=O)N1CCC[C@@H]1C(=O)O. The van der Waals surface area contributed by atoms with Crippen LogP contribution in [-0.4, -0.2) is 41.1 Å². The van der Waals surface area contributed by atoms with E-state index in [9.17, 15) is 9.59 Å². The minimum atomic E-state index is -0.904. The molecule has 5 nitrogen and oxygen atoms in total. The number of nitrogens with one attached hydrogen (secondary N) is 1. The monoisotopic (exact) mass is 214 g/mol. The van der Waals surface area contributed by atoms with Gasteiger partial charge in [-0.1, -0.05) is 13.3 Å². The zero-order valence-corrected chi connectivity index (χ0v) is 9.03. The molecule has 0 aromatic heterocycles.